The second-order valence-corrected chi connectivity index (χ2v) is 8.16. The summed E-state index contributed by atoms with van der Waals surface area (Å²) >= 11 is 11.6. The fraction of sp³-hybridized carbons (Fsp3) is 0.391. The zero-order chi connectivity index (χ0) is 19.6. The fourth-order valence-electron chi connectivity index (χ4n) is 3.68. The summed E-state index contributed by atoms with van der Waals surface area (Å²) in [4.78, 5) is 25.1. The number of carbonyl (C=O) groups is 2. The summed E-state index contributed by atoms with van der Waals surface area (Å²) in [5.41, 5.74) is 6.08. The monoisotopic (exact) mass is 402 g/mol. The van der Waals surface area contributed by atoms with E-state index in [-0.39, 0.29) is 23.4 Å². The average Bonchev–Trinajstić information content (AvgIpc) is 3.03. The van der Waals surface area contributed by atoms with Gasteiger partial charge in [-0.3, -0.25) is 9.59 Å². The number of hydrogen-bond donors (Lipinski definition) is 0. The molecule has 0 aliphatic heterocycles. The van der Waals surface area contributed by atoms with Gasteiger partial charge < -0.3 is 0 Å². The SMILES string of the molecule is CC(CCCl)C(=O)c1ccc2c(c1)Cc1cc(C(=O)C(C)CCCl)ccc1-2. The van der Waals surface area contributed by atoms with Crippen LogP contribution in [-0.4, -0.2) is 23.3 Å². The first-order valence-electron chi connectivity index (χ1n) is 9.42. The van der Waals surface area contributed by atoms with Gasteiger partial charge in [0, 0.05) is 34.7 Å². The Bertz CT molecular complexity index is 801. The van der Waals surface area contributed by atoms with Crippen LogP contribution in [0.5, 0.6) is 0 Å². The molecule has 0 aromatic heterocycles. The summed E-state index contributed by atoms with van der Waals surface area (Å²) in [7, 11) is 0. The van der Waals surface area contributed by atoms with Gasteiger partial charge in [-0.2, -0.15) is 0 Å². The Morgan fingerprint density at radius 3 is 1.59 bits per heavy atom. The molecule has 27 heavy (non-hydrogen) atoms. The molecule has 2 nitrogen and oxygen atoms in total. The van der Waals surface area contributed by atoms with Crippen LogP contribution in [0.3, 0.4) is 0 Å². The molecule has 0 radical (unpaired) electrons. The molecule has 2 atom stereocenters. The van der Waals surface area contributed by atoms with Crippen LogP contribution in [0.4, 0.5) is 0 Å². The molecule has 2 aromatic carbocycles. The minimum Gasteiger partial charge on any atom is -0.294 e. The summed E-state index contributed by atoms with van der Waals surface area (Å²) in [6.45, 7) is 3.85. The van der Waals surface area contributed by atoms with Gasteiger partial charge in [0.2, 0.25) is 0 Å². The quantitative estimate of drug-likeness (QED) is 0.334. The Morgan fingerprint density at radius 2 is 1.22 bits per heavy atom. The lowest BCUT2D eigenvalue weighted by atomic mass is 9.93. The maximum atomic E-state index is 12.6. The number of Topliss-reactive ketones (excluding diaryl/α,β-unsaturated/α-hetero) is 2. The molecule has 0 saturated heterocycles. The van der Waals surface area contributed by atoms with Crippen LogP contribution in [0, 0.1) is 11.8 Å². The van der Waals surface area contributed by atoms with Crippen LogP contribution in [0.1, 0.15) is 58.5 Å². The Balaban J connectivity index is 1.85. The van der Waals surface area contributed by atoms with E-state index >= 15 is 0 Å². The number of rotatable bonds is 8. The Morgan fingerprint density at radius 1 is 0.815 bits per heavy atom. The van der Waals surface area contributed by atoms with Crippen molar-refractivity contribution < 1.29 is 9.59 Å². The maximum Gasteiger partial charge on any atom is 0.165 e. The highest BCUT2D eigenvalue weighted by Crippen LogP contribution is 2.38. The molecule has 3 rings (SSSR count). The third kappa shape index (κ3) is 4.12. The highest BCUT2D eigenvalue weighted by molar-refractivity contribution is 6.18. The number of halogens is 2. The van der Waals surface area contributed by atoms with E-state index in [9.17, 15) is 9.59 Å². The van der Waals surface area contributed by atoms with Crippen LogP contribution in [-0.2, 0) is 6.42 Å². The van der Waals surface area contributed by atoms with Gasteiger partial charge in [-0.05, 0) is 53.6 Å². The summed E-state index contributed by atoms with van der Waals surface area (Å²) in [6, 6.07) is 11.9. The predicted molar refractivity (Wildman–Crippen MR) is 112 cm³/mol. The first-order chi connectivity index (χ1) is 13.0. The average molecular weight is 403 g/mol. The van der Waals surface area contributed by atoms with E-state index in [4.69, 9.17) is 23.2 Å². The maximum absolute atomic E-state index is 12.6. The number of fused-ring (bicyclic) bond motifs is 3. The number of benzene rings is 2. The summed E-state index contributed by atoms with van der Waals surface area (Å²) in [6.07, 6.45) is 2.12. The van der Waals surface area contributed by atoms with E-state index in [2.05, 4.69) is 0 Å². The smallest absolute Gasteiger partial charge is 0.165 e. The molecule has 0 heterocycles. The zero-order valence-corrected chi connectivity index (χ0v) is 17.2. The fourth-order valence-corrected chi connectivity index (χ4v) is 4.33. The first kappa shape index (κ1) is 20.1. The molecular weight excluding hydrogens is 379 g/mol. The van der Waals surface area contributed by atoms with Gasteiger partial charge in [0.1, 0.15) is 0 Å². The Hall–Kier alpha value is -1.64. The van der Waals surface area contributed by atoms with Gasteiger partial charge in [0.05, 0.1) is 0 Å². The topological polar surface area (TPSA) is 34.1 Å². The van der Waals surface area contributed by atoms with E-state index in [1.54, 1.807) is 0 Å². The highest BCUT2D eigenvalue weighted by Gasteiger charge is 2.23. The van der Waals surface area contributed by atoms with Gasteiger partial charge in [-0.15, -0.1) is 23.2 Å². The van der Waals surface area contributed by atoms with Crippen molar-refractivity contribution in [2.75, 3.05) is 11.8 Å². The molecule has 4 heteroatoms. The molecule has 0 spiro atoms. The van der Waals surface area contributed by atoms with E-state index in [0.717, 1.165) is 39.8 Å². The van der Waals surface area contributed by atoms with Gasteiger partial charge in [0.15, 0.2) is 11.6 Å². The molecule has 1 aliphatic rings. The van der Waals surface area contributed by atoms with Crippen LogP contribution < -0.4 is 0 Å². The largest absolute Gasteiger partial charge is 0.294 e. The van der Waals surface area contributed by atoms with Crippen molar-refractivity contribution in [1.82, 2.24) is 0 Å². The minimum atomic E-state index is -0.0722. The first-order valence-corrected chi connectivity index (χ1v) is 10.5. The number of hydrogen-bond acceptors (Lipinski definition) is 2. The third-order valence-corrected chi connectivity index (χ3v) is 5.87. The van der Waals surface area contributed by atoms with Crippen molar-refractivity contribution >= 4 is 34.8 Å². The van der Waals surface area contributed by atoms with Gasteiger partial charge in [-0.1, -0.05) is 38.1 Å². The summed E-state index contributed by atoms with van der Waals surface area (Å²) < 4.78 is 0. The Kier molecular flexibility index (Phi) is 6.39. The second kappa shape index (κ2) is 8.58. The van der Waals surface area contributed by atoms with Crippen LogP contribution >= 0.6 is 23.2 Å². The highest BCUT2D eigenvalue weighted by atomic mass is 35.5. The van der Waals surface area contributed by atoms with Crippen molar-refractivity contribution in [3.63, 3.8) is 0 Å². The molecule has 2 unspecified atom stereocenters. The van der Waals surface area contributed by atoms with Gasteiger partial charge in [-0.25, -0.2) is 0 Å². The van der Waals surface area contributed by atoms with Crippen LogP contribution in [0.2, 0.25) is 0 Å². The third-order valence-electron chi connectivity index (χ3n) is 5.43. The molecule has 0 bridgehead atoms. The second-order valence-electron chi connectivity index (χ2n) is 7.41. The number of alkyl halides is 2. The number of carbonyl (C=O) groups excluding carboxylic acids is 2. The Labute approximate surface area is 170 Å². The molecular formula is C23H24Cl2O2. The zero-order valence-electron chi connectivity index (χ0n) is 15.7. The molecule has 0 fully saturated rings. The van der Waals surface area contributed by atoms with Crippen molar-refractivity contribution in [1.29, 1.82) is 0 Å². The van der Waals surface area contributed by atoms with Gasteiger partial charge in [0.25, 0.3) is 0 Å². The van der Waals surface area contributed by atoms with Crippen molar-refractivity contribution in [3.8, 4) is 11.1 Å². The number of ketones is 2. The van der Waals surface area contributed by atoms with Crippen LogP contribution in [0.15, 0.2) is 36.4 Å². The normalized spacial score (nSPS) is 14.4. The molecule has 0 saturated carbocycles. The lowest BCUT2D eigenvalue weighted by Crippen LogP contribution is -2.12. The van der Waals surface area contributed by atoms with E-state index in [1.165, 1.54) is 0 Å². The lowest BCUT2D eigenvalue weighted by molar-refractivity contribution is 0.0920. The standard InChI is InChI=1S/C23H24Cl2O2/c1-14(7-9-24)22(26)16-3-5-20-18(11-16)13-19-12-17(4-6-21(19)20)23(27)15(2)8-10-25/h3-6,11-12,14-15H,7-10,13H2,1-2H3. The van der Waals surface area contributed by atoms with E-state index in [0.29, 0.717) is 24.6 Å². The molecule has 142 valence electrons. The molecule has 0 N–H and O–H groups in total. The predicted octanol–water partition coefficient (Wildman–Crippen LogP) is 6.15. The van der Waals surface area contributed by atoms with Crippen molar-refractivity contribution in [3.05, 3.63) is 58.7 Å². The van der Waals surface area contributed by atoms with E-state index < -0.39 is 0 Å². The molecule has 2 aromatic rings. The molecule has 0 amide bonds. The van der Waals surface area contributed by atoms with Crippen molar-refractivity contribution in [2.24, 2.45) is 11.8 Å². The summed E-state index contributed by atoms with van der Waals surface area (Å²) in [5, 5.41) is 0. The van der Waals surface area contributed by atoms with Crippen molar-refractivity contribution in [2.45, 2.75) is 33.1 Å². The molecule has 1 aliphatic carbocycles. The summed E-state index contributed by atoms with van der Waals surface area (Å²) in [5.74, 6) is 1.11. The lowest BCUT2D eigenvalue weighted by Gasteiger charge is -2.10. The van der Waals surface area contributed by atoms with E-state index in [1.807, 2.05) is 50.2 Å². The minimum absolute atomic E-state index is 0.0722. The van der Waals surface area contributed by atoms with Crippen LogP contribution in [0.25, 0.3) is 11.1 Å². The van der Waals surface area contributed by atoms with Gasteiger partial charge >= 0.3 is 0 Å².